The van der Waals surface area contributed by atoms with Crippen LogP contribution in [0.2, 0.25) is 0 Å². The lowest BCUT2D eigenvalue weighted by molar-refractivity contribution is -0.0848. The third kappa shape index (κ3) is 2.48. The lowest BCUT2D eigenvalue weighted by Crippen LogP contribution is -2.38. The Morgan fingerprint density at radius 3 is 2.82 bits per heavy atom. The summed E-state index contributed by atoms with van der Waals surface area (Å²) in [6.07, 6.45) is 6.83. The molecule has 0 aliphatic heterocycles. The van der Waals surface area contributed by atoms with E-state index in [1.54, 1.807) is 7.11 Å². The van der Waals surface area contributed by atoms with Crippen molar-refractivity contribution in [2.24, 2.45) is 5.73 Å². The lowest BCUT2D eigenvalue weighted by Gasteiger charge is -2.38. The third-order valence-corrected chi connectivity index (χ3v) is 3.67. The van der Waals surface area contributed by atoms with E-state index in [0.29, 0.717) is 0 Å². The smallest absolute Gasteiger partial charge is 0.160 e. The van der Waals surface area contributed by atoms with Gasteiger partial charge in [-0.3, -0.25) is 0 Å². The molecule has 1 fully saturated rings. The second-order valence-corrected chi connectivity index (χ2v) is 4.80. The maximum atomic E-state index is 5.95. The van der Waals surface area contributed by atoms with E-state index in [9.17, 15) is 0 Å². The van der Waals surface area contributed by atoms with E-state index in [-0.39, 0.29) is 11.6 Å². The number of nitrogens with two attached hydrogens (primary N) is 1. The number of nitrogens with zero attached hydrogens (tertiary/aromatic N) is 2. The van der Waals surface area contributed by atoms with Crippen LogP contribution >= 0.6 is 0 Å². The van der Waals surface area contributed by atoms with Crippen molar-refractivity contribution in [2.45, 2.75) is 50.7 Å². The molecule has 1 saturated carbocycles. The molecule has 4 nitrogen and oxygen atoms in total. The zero-order valence-electron chi connectivity index (χ0n) is 10.6. The molecule has 17 heavy (non-hydrogen) atoms. The largest absolute Gasteiger partial charge is 0.370 e. The average molecular weight is 235 g/mol. The minimum absolute atomic E-state index is 0.178. The monoisotopic (exact) mass is 235 g/mol. The van der Waals surface area contributed by atoms with Gasteiger partial charge in [0.05, 0.1) is 0 Å². The molecule has 1 aromatic heterocycles. The van der Waals surface area contributed by atoms with Gasteiger partial charge < -0.3 is 10.5 Å². The van der Waals surface area contributed by atoms with Crippen LogP contribution in [0.1, 0.15) is 44.1 Å². The number of aromatic nitrogens is 2. The molecular formula is C13H21N3O. The maximum absolute atomic E-state index is 5.95. The Morgan fingerprint density at radius 1 is 1.53 bits per heavy atom. The Balaban J connectivity index is 2.16. The van der Waals surface area contributed by atoms with E-state index in [4.69, 9.17) is 10.5 Å². The molecule has 4 heteroatoms. The van der Waals surface area contributed by atoms with Crippen LogP contribution in [0.15, 0.2) is 12.3 Å². The van der Waals surface area contributed by atoms with Gasteiger partial charge in [0.25, 0.3) is 0 Å². The van der Waals surface area contributed by atoms with E-state index in [0.717, 1.165) is 37.2 Å². The van der Waals surface area contributed by atoms with Crippen LogP contribution in [0.3, 0.4) is 0 Å². The Hall–Kier alpha value is -1.00. The van der Waals surface area contributed by atoms with Gasteiger partial charge in [-0.15, -0.1) is 0 Å². The summed E-state index contributed by atoms with van der Waals surface area (Å²) in [4.78, 5) is 8.97. The van der Waals surface area contributed by atoms with Gasteiger partial charge in [-0.05, 0) is 31.7 Å². The maximum Gasteiger partial charge on any atom is 0.160 e. The second kappa shape index (κ2) is 5.10. The average Bonchev–Trinajstić information content (AvgIpc) is 2.29. The molecule has 1 unspecified atom stereocenters. The molecule has 0 saturated heterocycles. The van der Waals surface area contributed by atoms with Crippen LogP contribution in [0.4, 0.5) is 0 Å². The molecule has 1 aliphatic rings. The summed E-state index contributed by atoms with van der Waals surface area (Å²) in [7, 11) is 1.74. The highest BCUT2D eigenvalue weighted by Gasteiger charge is 2.41. The van der Waals surface area contributed by atoms with Gasteiger partial charge in [0.1, 0.15) is 5.60 Å². The Bertz CT molecular complexity index is 371. The third-order valence-electron chi connectivity index (χ3n) is 3.67. The van der Waals surface area contributed by atoms with Gasteiger partial charge in [-0.2, -0.15) is 0 Å². The molecule has 2 N–H and O–H groups in total. The van der Waals surface area contributed by atoms with Gasteiger partial charge in [-0.1, -0.05) is 6.92 Å². The summed E-state index contributed by atoms with van der Waals surface area (Å²) >= 11 is 0. The van der Waals surface area contributed by atoms with E-state index in [2.05, 4.69) is 16.9 Å². The molecule has 0 spiro atoms. The first-order chi connectivity index (χ1) is 8.20. The first-order valence-corrected chi connectivity index (χ1v) is 6.33. The first-order valence-electron chi connectivity index (χ1n) is 6.33. The molecule has 0 amide bonds. The molecule has 0 aromatic carbocycles. The Morgan fingerprint density at radius 2 is 2.29 bits per heavy atom. The van der Waals surface area contributed by atoms with E-state index in [1.165, 1.54) is 6.42 Å². The van der Waals surface area contributed by atoms with Crippen molar-refractivity contribution in [2.75, 3.05) is 7.11 Å². The highest BCUT2D eigenvalue weighted by atomic mass is 16.5. The molecule has 0 bridgehead atoms. The fourth-order valence-corrected chi connectivity index (χ4v) is 2.16. The SMILES string of the molecule is CCC(N)Cc1ccnc(C2(OC)CCC2)n1. The predicted molar refractivity (Wildman–Crippen MR) is 66.5 cm³/mol. The summed E-state index contributed by atoms with van der Waals surface area (Å²) < 4.78 is 5.59. The molecule has 0 radical (unpaired) electrons. The van der Waals surface area contributed by atoms with Crippen molar-refractivity contribution in [3.8, 4) is 0 Å². The minimum Gasteiger partial charge on any atom is -0.370 e. The van der Waals surface area contributed by atoms with Gasteiger partial charge in [0, 0.05) is 31.5 Å². The predicted octanol–water partition coefficient (Wildman–Crippen LogP) is 1.78. The standard InChI is InChI=1S/C13H21N3O/c1-3-10(14)9-11-5-8-15-12(16-11)13(17-2)6-4-7-13/h5,8,10H,3-4,6-7,9,14H2,1-2H3. The van der Waals surface area contributed by atoms with Crippen molar-refractivity contribution < 1.29 is 4.74 Å². The van der Waals surface area contributed by atoms with Crippen LogP contribution in [-0.2, 0) is 16.8 Å². The summed E-state index contributed by atoms with van der Waals surface area (Å²) in [6.45, 7) is 2.09. The number of hydrogen-bond acceptors (Lipinski definition) is 4. The number of ether oxygens (including phenoxy) is 1. The Kier molecular flexibility index (Phi) is 3.74. The van der Waals surface area contributed by atoms with Gasteiger partial charge in [0.15, 0.2) is 5.82 Å². The summed E-state index contributed by atoms with van der Waals surface area (Å²) in [5.74, 6) is 0.826. The molecule has 2 rings (SSSR count). The van der Waals surface area contributed by atoms with E-state index in [1.807, 2.05) is 12.3 Å². The van der Waals surface area contributed by atoms with Crippen LogP contribution in [0, 0.1) is 0 Å². The van der Waals surface area contributed by atoms with Crippen LogP contribution in [0.5, 0.6) is 0 Å². The van der Waals surface area contributed by atoms with Crippen molar-refractivity contribution in [3.63, 3.8) is 0 Å². The second-order valence-electron chi connectivity index (χ2n) is 4.80. The number of methoxy groups -OCH3 is 1. The lowest BCUT2D eigenvalue weighted by atomic mass is 9.79. The molecule has 94 valence electrons. The number of rotatable bonds is 5. The van der Waals surface area contributed by atoms with Gasteiger partial charge in [-0.25, -0.2) is 9.97 Å². The first kappa shape index (κ1) is 12.5. The van der Waals surface area contributed by atoms with Gasteiger partial charge in [0.2, 0.25) is 0 Å². The van der Waals surface area contributed by atoms with Crippen molar-refractivity contribution >= 4 is 0 Å². The molecule has 1 aromatic rings. The van der Waals surface area contributed by atoms with E-state index < -0.39 is 0 Å². The molecule has 1 atom stereocenters. The summed E-state index contributed by atoms with van der Waals surface area (Å²) in [5, 5.41) is 0. The highest BCUT2D eigenvalue weighted by Crippen LogP contribution is 2.42. The van der Waals surface area contributed by atoms with Crippen molar-refractivity contribution in [1.82, 2.24) is 9.97 Å². The quantitative estimate of drug-likeness (QED) is 0.845. The van der Waals surface area contributed by atoms with Crippen LogP contribution in [0.25, 0.3) is 0 Å². The number of hydrogen-bond donors (Lipinski definition) is 1. The van der Waals surface area contributed by atoms with Gasteiger partial charge >= 0.3 is 0 Å². The van der Waals surface area contributed by atoms with E-state index >= 15 is 0 Å². The topological polar surface area (TPSA) is 61.0 Å². The van der Waals surface area contributed by atoms with Crippen molar-refractivity contribution in [1.29, 1.82) is 0 Å². The summed E-state index contributed by atoms with van der Waals surface area (Å²) in [6, 6.07) is 2.12. The molecule has 1 heterocycles. The molecule has 1 aliphatic carbocycles. The molecular weight excluding hydrogens is 214 g/mol. The Labute approximate surface area is 103 Å². The van der Waals surface area contributed by atoms with Crippen molar-refractivity contribution in [3.05, 3.63) is 23.8 Å². The fourth-order valence-electron chi connectivity index (χ4n) is 2.16. The van der Waals surface area contributed by atoms with Crippen LogP contribution < -0.4 is 5.73 Å². The summed E-state index contributed by atoms with van der Waals surface area (Å²) in [5.41, 5.74) is 6.74. The highest BCUT2D eigenvalue weighted by molar-refractivity contribution is 5.12. The zero-order valence-corrected chi connectivity index (χ0v) is 10.6. The fraction of sp³-hybridized carbons (Fsp3) is 0.692. The normalized spacial score (nSPS) is 19.7. The van der Waals surface area contributed by atoms with Crippen LogP contribution in [-0.4, -0.2) is 23.1 Å². The zero-order chi connectivity index (χ0) is 12.3. The minimum atomic E-state index is -0.230.